The van der Waals surface area contributed by atoms with E-state index in [0.717, 1.165) is 0 Å². The van der Waals surface area contributed by atoms with Gasteiger partial charge in [0.05, 0.1) is 0 Å². The first-order valence-electron chi connectivity index (χ1n) is 7.78. The van der Waals surface area contributed by atoms with Crippen molar-refractivity contribution in [3.05, 3.63) is 65.7 Å². The molecule has 27 heavy (non-hydrogen) atoms. The smallest absolute Gasteiger partial charge is 0.252 e. The minimum absolute atomic E-state index is 0.0397. The van der Waals surface area contributed by atoms with Crippen molar-refractivity contribution in [3.63, 3.8) is 0 Å². The maximum Gasteiger partial charge on any atom is 0.252 e. The molecule has 9 heteroatoms. The number of hydrogen-bond acceptors (Lipinski definition) is 3. The summed E-state index contributed by atoms with van der Waals surface area (Å²) in [6.07, 6.45) is -1.08. The molecule has 2 aromatic carbocycles. The molecule has 0 unspecified atom stereocenters. The van der Waals surface area contributed by atoms with Crippen molar-refractivity contribution in [2.75, 3.05) is 5.32 Å². The molecule has 0 aliphatic heterocycles. The van der Waals surface area contributed by atoms with Crippen molar-refractivity contribution in [3.8, 4) is 0 Å². The Labute approximate surface area is 177 Å². The van der Waals surface area contributed by atoms with Crippen LogP contribution >= 0.6 is 47.0 Å². The first-order chi connectivity index (χ1) is 12.7. The summed E-state index contributed by atoms with van der Waals surface area (Å²) in [7, 11) is 0. The molecule has 142 valence electrons. The predicted octanol–water partition coefficient (Wildman–Crippen LogP) is 4.30. The Kier molecular flexibility index (Phi) is 7.44. The van der Waals surface area contributed by atoms with Gasteiger partial charge in [-0.05, 0) is 55.5 Å². The number of hydrogen-bond donors (Lipinski definition) is 3. The van der Waals surface area contributed by atoms with Crippen LogP contribution in [0.5, 0.6) is 0 Å². The van der Waals surface area contributed by atoms with Crippen LogP contribution in [-0.2, 0) is 0 Å². The van der Waals surface area contributed by atoms with Crippen LogP contribution in [0.25, 0.3) is 0 Å². The molecule has 2 aromatic rings. The quantitative estimate of drug-likeness (QED) is 0.278. The summed E-state index contributed by atoms with van der Waals surface area (Å²) in [5.41, 5.74) is 1.63. The van der Waals surface area contributed by atoms with Gasteiger partial charge >= 0.3 is 0 Å². The first-order valence-corrected chi connectivity index (χ1v) is 9.32. The molecule has 0 radical (unpaired) electrons. The van der Waals surface area contributed by atoms with Crippen molar-refractivity contribution in [2.45, 2.75) is 16.9 Å². The van der Waals surface area contributed by atoms with E-state index in [-0.39, 0.29) is 10.9 Å². The van der Waals surface area contributed by atoms with E-state index in [1.54, 1.807) is 54.6 Å². The molecule has 0 bridgehead atoms. The minimum atomic E-state index is -1.85. The average molecular weight is 445 g/mol. The summed E-state index contributed by atoms with van der Waals surface area (Å²) < 4.78 is -1.85. The maximum atomic E-state index is 12.3. The molecule has 0 heterocycles. The van der Waals surface area contributed by atoms with E-state index in [2.05, 4.69) is 16.0 Å². The Morgan fingerprint density at radius 1 is 0.926 bits per heavy atom. The first kappa shape index (κ1) is 21.4. The molecule has 0 saturated carbocycles. The van der Waals surface area contributed by atoms with E-state index < -0.39 is 15.9 Å². The van der Waals surface area contributed by atoms with Gasteiger partial charge in [0.15, 0.2) is 10.9 Å². The van der Waals surface area contributed by atoms with Gasteiger partial charge in [-0.1, -0.05) is 53.0 Å². The molecule has 2 rings (SSSR count). The predicted molar refractivity (Wildman–Crippen MR) is 114 cm³/mol. The molecule has 0 spiro atoms. The number of amides is 1. The van der Waals surface area contributed by atoms with Crippen LogP contribution in [0.1, 0.15) is 27.6 Å². The van der Waals surface area contributed by atoms with E-state index in [1.807, 2.05) is 0 Å². The molecule has 0 fully saturated rings. The van der Waals surface area contributed by atoms with Gasteiger partial charge < -0.3 is 16.0 Å². The fourth-order valence-corrected chi connectivity index (χ4v) is 2.65. The van der Waals surface area contributed by atoms with E-state index in [0.29, 0.717) is 16.8 Å². The number of carbonyl (C=O) groups is 2. The largest absolute Gasteiger partial charge is 0.339 e. The van der Waals surface area contributed by atoms with Gasteiger partial charge in [0.2, 0.25) is 3.79 Å². The minimum Gasteiger partial charge on any atom is -0.339 e. The number of halogens is 3. The SMILES string of the molecule is CC(=O)c1ccc(NC(=S)N[C@@H](NC(=O)c2ccccc2)C(Cl)(Cl)Cl)cc1. The van der Waals surface area contributed by atoms with Crippen molar-refractivity contribution in [2.24, 2.45) is 0 Å². The number of rotatable bonds is 5. The zero-order chi connectivity index (χ0) is 20.0. The van der Waals surface area contributed by atoms with Gasteiger partial charge in [-0.15, -0.1) is 0 Å². The Bertz CT molecular complexity index is 824. The van der Waals surface area contributed by atoms with Gasteiger partial charge in [-0.2, -0.15) is 0 Å². The zero-order valence-electron chi connectivity index (χ0n) is 14.1. The zero-order valence-corrected chi connectivity index (χ0v) is 17.2. The highest BCUT2D eigenvalue weighted by atomic mass is 35.6. The lowest BCUT2D eigenvalue weighted by Gasteiger charge is -2.27. The van der Waals surface area contributed by atoms with Crippen LogP contribution in [-0.4, -0.2) is 26.8 Å². The van der Waals surface area contributed by atoms with Gasteiger partial charge in [-0.25, -0.2) is 0 Å². The maximum absolute atomic E-state index is 12.3. The molecular formula is C18H16Cl3N3O2S. The normalized spacial score (nSPS) is 12.0. The monoisotopic (exact) mass is 443 g/mol. The molecule has 5 nitrogen and oxygen atoms in total. The number of anilines is 1. The highest BCUT2D eigenvalue weighted by Crippen LogP contribution is 2.29. The van der Waals surface area contributed by atoms with Crippen LogP contribution in [0.15, 0.2) is 54.6 Å². The Morgan fingerprint density at radius 3 is 2.04 bits per heavy atom. The second-order valence-corrected chi connectivity index (χ2v) is 8.32. The number of nitrogens with one attached hydrogen (secondary N) is 3. The Morgan fingerprint density at radius 2 is 1.52 bits per heavy atom. The van der Waals surface area contributed by atoms with Crippen LogP contribution in [0.4, 0.5) is 5.69 Å². The van der Waals surface area contributed by atoms with E-state index in [1.165, 1.54) is 6.92 Å². The van der Waals surface area contributed by atoms with Crippen LogP contribution in [0.3, 0.4) is 0 Å². The lowest BCUT2D eigenvalue weighted by Crippen LogP contribution is -2.56. The molecule has 0 aromatic heterocycles. The fraction of sp³-hybridized carbons (Fsp3) is 0.167. The van der Waals surface area contributed by atoms with Crippen molar-refractivity contribution < 1.29 is 9.59 Å². The molecule has 0 saturated heterocycles. The second-order valence-electron chi connectivity index (χ2n) is 5.55. The van der Waals surface area contributed by atoms with Gasteiger partial charge in [0.25, 0.3) is 5.91 Å². The topological polar surface area (TPSA) is 70.2 Å². The summed E-state index contributed by atoms with van der Waals surface area (Å²) in [5.74, 6) is -0.463. The number of thiocarbonyl (C=S) groups is 1. The average Bonchev–Trinajstić information content (AvgIpc) is 2.61. The third-order valence-corrected chi connectivity index (χ3v) is 4.34. The lowest BCUT2D eigenvalue weighted by atomic mass is 10.1. The highest BCUT2D eigenvalue weighted by molar-refractivity contribution is 7.80. The summed E-state index contributed by atoms with van der Waals surface area (Å²) >= 11 is 23.1. The van der Waals surface area contributed by atoms with E-state index >= 15 is 0 Å². The fourth-order valence-electron chi connectivity index (χ4n) is 2.09. The molecule has 0 aliphatic rings. The number of carbonyl (C=O) groups excluding carboxylic acids is 2. The van der Waals surface area contributed by atoms with Crippen molar-refractivity contribution in [1.29, 1.82) is 0 Å². The van der Waals surface area contributed by atoms with Crippen LogP contribution in [0, 0.1) is 0 Å². The number of benzene rings is 2. The molecule has 0 aliphatic carbocycles. The van der Waals surface area contributed by atoms with Crippen LogP contribution < -0.4 is 16.0 Å². The van der Waals surface area contributed by atoms with Crippen LogP contribution in [0.2, 0.25) is 0 Å². The van der Waals surface area contributed by atoms with Gasteiger partial charge in [-0.3, -0.25) is 9.59 Å². The van der Waals surface area contributed by atoms with E-state index in [9.17, 15) is 9.59 Å². The van der Waals surface area contributed by atoms with Gasteiger partial charge in [0, 0.05) is 16.8 Å². The number of Topliss-reactive ketones (excluding diaryl/α,β-unsaturated/α-hetero) is 1. The molecule has 1 atom stereocenters. The Hall–Kier alpha value is -1.86. The van der Waals surface area contributed by atoms with Crippen molar-refractivity contribution >= 4 is 69.5 Å². The lowest BCUT2D eigenvalue weighted by molar-refractivity contribution is 0.0933. The van der Waals surface area contributed by atoms with Gasteiger partial charge in [0.1, 0.15) is 6.17 Å². The third kappa shape index (κ3) is 6.66. The molecule has 3 N–H and O–H groups in total. The Balaban J connectivity index is 2.03. The number of ketones is 1. The number of alkyl halides is 3. The molecule has 1 amide bonds. The summed E-state index contributed by atoms with van der Waals surface area (Å²) in [6.45, 7) is 1.48. The summed E-state index contributed by atoms with van der Waals surface area (Å²) in [5, 5.41) is 8.40. The summed E-state index contributed by atoms with van der Waals surface area (Å²) in [6, 6.07) is 15.2. The third-order valence-electron chi connectivity index (χ3n) is 3.46. The van der Waals surface area contributed by atoms with Crippen molar-refractivity contribution in [1.82, 2.24) is 10.6 Å². The second kappa shape index (κ2) is 9.37. The van der Waals surface area contributed by atoms with E-state index in [4.69, 9.17) is 47.0 Å². The molecular weight excluding hydrogens is 429 g/mol. The summed E-state index contributed by atoms with van der Waals surface area (Å²) in [4.78, 5) is 23.6. The highest BCUT2D eigenvalue weighted by Gasteiger charge is 2.34. The standard InChI is InChI=1S/C18H16Cl3N3O2S/c1-11(25)12-7-9-14(10-8-12)22-17(27)24-16(18(19,20)21)23-15(26)13-5-3-2-4-6-13/h2-10,16H,1H3,(H,23,26)(H2,22,24,27)/t16-/m1/s1.